The van der Waals surface area contributed by atoms with Crippen LogP contribution >= 0.6 is 8.46 Å². The lowest BCUT2D eigenvalue weighted by molar-refractivity contribution is -0.111. The fourth-order valence-corrected chi connectivity index (χ4v) is 0.667. The first kappa shape index (κ1) is 7.77. The third-order valence-electron chi connectivity index (χ3n) is 0.871. The molecule has 0 aliphatic rings. The Morgan fingerprint density at radius 3 is 2.62 bits per heavy atom. The Morgan fingerprint density at radius 2 is 2.25 bits per heavy atom. The van der Waals surface area contributed by atoms with Gasteiger partial charge in [-0.15, -0.1) is 0 Å². The summed E-state index contributed by atoms with van der Waals surface area (Å²) in [6.07, 6.45) is 2.35. The van der Waals surface area contributed by atoms with Gasteiger partial charge >= 0.3 is 14.0 Å². The van der Waals surface area contributed by atoms with Crippen LogP contribution in [0.3, 0.4) is 0 Å². The van der Waals surface area contributed by atoms with Gasteiger partial charge in [0.25, 0.3) is 0 Å². The van der Waals surface area contributed by atoms with Gasteiger partial charge < -0.3 is 0 Å². The highest BCUT2D eigenvalue weighted by molar-refractivity contribution is 7.46. The Morgan fingerprint density at radius 1 is 1.62 bits per heavy atom. The van der Waals surface area contributed by atoms with Gasteiger partial charge in [-0.25, -0.2) is 4.79 Å². The average Bonchev–Trinajstić information content (AvgIpc) is 1.83. The van der Waals surface area contributed by atoms with Gasteiger partial charge in [0.05, 0.1) is 6.42 Å². The predicted molar refractivity (Wildman–Crippen MR) is 33.5 cm³/mol. The van der Waals surface area contributed by atoms with E-state index in [0.29, 0.717) is 6.42 Å². The van der Waals surface area contributed by atoms with Crippen molar-refractivity contribution in [2.75, 3.05) is 0 Å². The smallest absolute Gasteiger partial charge is 0.240 e. The lowest BCUT2D eigenvalue weighted by Gasteiger charge is -1.80. The predicted octanol–water partition coefficient (Wildman–Crippen LogP) is 1.73. The minimum absolute atomic E-state index is 0.133. The molecule has 0 N–H and O–H groups in total. The van der Waals surface area contributed by atoms with Crippen LogP contribution in [-0.2, 0) is 9.36 Å². The van der Waals surface area contributed by atoms with Gasteiger partial charge in [0.2, 0.25) is 0 Å². The number of carbonyl (C=O) groups is 1. The summed E-state index contributed by atoms with van der Waals surface area (Å²) in [5, 5.41) is 0. The van der Waals surface area contributed by atoms with E-state index in [9.17, 15) is 9.36 Å². The van der Waals surface area contributed by atoms with Crippen molar-refractivity contribution in [3.63, 3.8) is 0 Å². The summed E-state index contributed by atoms with van der Waals surface area (Å²) >= 11 is 0. The van der Waals surface area contributed by atoms with E-state index in [0.717, 1.165) is 12.8 Å². The van der Waals surface area contributed by atoms with E-state index in [1.54, 1.807) is 0 Å². The Hall–Kier alpha value is -0.230. The van der Waals surface area contributed by atoms with Gasteiger partial charge in [-0.2, -0.15) is 0 Å². The lowest BCUT2D eigenvalue weighted by atomic mass is 10.3. The molecule has 0 spiro atoms. The van der Waals surface area contributed by atoms with Gasteiger partial charge in [0.1, 0.15) is 0 Å². The molecule has 0 rings (SSSR count). The number of rotatable bonds is 4. The Labute approximate surface area is 50.5 Å². The zero-order chi connectivity index (χ0) is 6.41. The van der Waals surface area contributed by atoms with E-state index < -0.39 is 8.46 Å². The van der Waals surface area contributed by atoms with Crippen molar-refractivity contribution in [1.29, 1.82) is 0 Å². The van der Waals surface area contributed by atoms with Crippen molar-refractivity contribution < 1.29 is 9.36 Å². The number of hydrogen-bond donors (Lipinski definition) is 0. The first-order valence-electron chi connectivity index (χ1n) is 2.72. The molecule has 0 amide bonds. The number of carbonyl (C=O) groups excluding carboxylic acids is 1. The number of unbranched alkanes of at least 4 members (excludes halogenated alkanes) is 1. The van der Waals surface area contributed by atoms with Gasteiger partial charge in [0, 0.05) is 0 Å². The van der Waals surface area contributed by atoms with Crippen LogP contribution in [0.25, 0.3) is 0 Å². The van der Waals surface area contributed by atoms with Crippen molar-refractivity contribution >= 4 is 14.0 Å². The van der Waals surface area contributed by atoms with Crippen LogP contribution in [0.2, 0.25) is 0 Å². The molecule has 0 bridgehead atoms. The van der Waals surface area contributed by atoms with Gasteiger partial charge in [0.15, 0.2) is 0 Å². The van der Waals surface area contributed by atoms with E-state index >= 15 is 0 Å². The molecular weight excluding hydrogens is 123 g/mol. The first-order valence-corrected chi connectivity index (χ1v) is 3.63. The van der Waals surface area contributed by atoms with E-state index in [4.69, 9.17) is 0 Å². The van der Waals surface area contributed by atoms with Crippen LogP contribution in [-0.4, -0.2) is 5.52 Å². The standard InChI is InChI=1S/C5H9O2P/c1-2-3-4-5(6)8-7/h2-4H2,1H3/p+1. The second kappa shape index (κ2) is 4.92. The second-order valence-electron chi connectivity index (χ2n) is 1.63. The molecule has 0 radical (unpaired) electrons. The molecule has 0 saturated carbocycles. The fourth-order valence-electron chi connectivity index (χ4n) is 0.388. The molecule has 0 saturated heterocycles. The maximum absolute atomic E-state index is 10.3. The summed E-state index contributed by atoms with van der Waals surface area (Å²) in [4.78, 5) is 10.3. The van der Waals surface area contributed by atoms with Crippen molar-refractivity contribution in [2.24, 2.45) is 0 Å². The van der Waals surface area contributed by atoms with Crippen LogP contribution < -0.4 is 0 Å². The minimum Gasteiger partial charge on any atom is -0.240 e. The molecule has 0 aromatic rings. The summed E-state index contributed by atoms with van der Waals surface area (Å²) in [7, 11) is -0.748. The molecule has 0 heterocycles. The zero-order valence-corrected chi connectivity index (χ0v) is 5.94. The van der Waals surface area contributed by atoms with Crippen LogP contribution in [0.1, 0.15) is 26.2 Å². The highest BCUT2D eigenvalue weighted by Gasteiger charge is 2.05. The monoisotopic (exact) mass is 133 g/mol. The van der Waals surface area contributed by atoms with Crippen molar-refractivity contribution in [2.45, 2.75) is 26.2 Å². The third kappa shape index (κ3) is 3.94. The fraction of sp³-hybridized carbons (Fsp3) is 0.800. The average molecular weight is 133 g/mol. The van der Waals surface area contributed by atoms with Crippen molar-refractivity contribution in [1.82, 2.24) is 0 Å². The van der Waals surface area contributed by atoms with E-state index in [1.807, 2.05) is 6.92 Å². The SMILES string of the molecule is CCCCC(=O)[PH+]=O. The van der Waals surface area contributed by atoms with Gasteiger partial charge in [-0.05, 0) is 6.42 Å². The highest BCUT2D eigenvalue weighted by Crippen LogP contribution is 2.03. The molecule has 0 aliphatic carbocycles. The summed E-state index contributed by atoms with van der Waals surface area (Å²) in [5.41, 5.74) is -0.133. The summed E-state index contributed by atoms with van der Waals surface area (Å²) in [5.74, 6) is 0. The quantitative estimate of drug-likeness (QED) is 0.547. The van der Waals surface area contributed by atoms with Crippen LogP contribution in [0.5, 0.6) is 0 Å². The molecule has 0 aromatic carbocycles. The molecule has 0 aromatic heterocycles. The normalized spacial score (nSPS) is 9.62. The van der Waals surface area contributed by atoms with Crippen LogP contribution in [0.15, 0.2) is 0 Å². The maximum Gasteiger partial charge on any atom is 0.401 e. The van der Waals surface area contributed by atoms with Crippen molar-refractivity contribution in [3.8, 4) is 0 Å². The summed E-state index contributed by atoms with van der Waals surface area (Å²) in [6, 6.07) is 0. The number of hydrogen-bond acceptors (Lipinski definition) is 2. The van der Waals surface area contributed by atoms with E-state index in [-0.39, 0.29) is 5.52 Å². The molecule has 2 nitrogen and oxygen atoms in total. The van der Waals surface area contributed by atoms with Gasteiger partial charge in [-0.3, -0.25) is 0 Å². The third-order valence-corrected chi connectivity index (χ3v) is 1.35. The molecule has 1 unspecified atom stereocenters. The lowest BCUT2D eigenvalue weighted by Crippen LogP contribution is -1.83. The molecule has 3 heteroatoms. The molecule has 46 valence electrons. The summed E-state index contributed by atoms with van der Waals surface area (Å²) in [6.45, 7) is 2.00. The zero-order valence-electron chi connectivity index (χ0n) is 4.94. The highest BCUT2D eigenvalue weighted by atomic mass is 31.1. The molecule has 0 aliphatic heterocycles. The Bertz CT molecular complexity index is 90.4. The maximum atomic E-state index is 10.3. The molecule has 1 atom stereocenters. The molecular formula is C5H10O2P+. The summed E-state index contributed by atoms with van der Waals surface area (Å²) < 4.78 is 9.81. The molecule has 8 heavy (non-hydrogen) atoms. The second-order valence-corrected chi connectivity index (χ2v) is 2.39. The topological polar surface area (TPSA) is 34.1 Å². The largest absolute Gasteiger partial charge is 0.401 e. The Balaban J connectivity index is 3.11. The van der Waals surface area contributed by atoms with E-state index in [2.05, 4.69) is 0 Å². The van der Waals surface area contributed by atoms with Gasteiger partial charge in [-0.1, -0.05) is 17.9 Å². The Kier molecular flexibility index (Phi) is 4.78. The van der Waals surface area contributed by atoms with Crippen molar-refractivity contribution in [3.05, 3.63) is 0 Å². The van der Waals surface area contributed by atoms with E-state index in [1.165, 1.54) is 0 Å². The molecule has 0 fully saturated rings. The minimum atomic E-state index is -0.748. The van der Waals surface area contributed by atoms with Crippen LogP contribution in [0, 0.1) is 0 Å². The first-order chi connectivity index (χ1) is 3.81. The van der Waals surface area contributed by atoms with Crippen LogP contribution in [0.4, 0.5) is 0 Å².